The van der Waals surface area contributed by atoms with Crippen LogP contribution in [0.15, 0.2) is 170 Å². The number of imidazole rings is 1. The molecule has 0 unspecified atom stereocenters. The number of nitrogens with zero attached hydrogens (tertiary/aromatic N) is 3. The first-order valence-corrected chi connectivity index (χ1v) is 18.6. The quantitative estimate of drug-likeness (QED) is 0.195. The molecular formula is C50H38N4. The summed E-state index contributed by atoms with van der Waals surface area (Å²) in [6.07, 6.45) is 1.86. The van der Waals surface area contributed by atoms with Crippen molar-refractivity contribution < 1.29 is 0 Å². The average molecular weight is 695 g/mol. The molecule has 0 radical (unpaired) electrons. The monoisotopic (exact) mass is 694 g/mol. The lowest BCUT2D eigenvalue weighted by molar-refractivity contribution is 0.591. The van der Waals surface area contributed by atoms with Gasteiger partial charge in [-0.3, -0.25) is 9.55 Å². The molecule has 4 nitrogen and oxygen atoms in total. The second kappa shape index (κ2) is 12.4. The summed E-state index contributed by atoms with van der Waals surface area (Å²) in [5.41, 5.74) is 14.1. The second-order valence-electron chi connectivity index (χ2n) is 15.2. The van der Waals surface area contributed by atoms with Crippen molar-refractivity contribution in [3.8, 4) is 50.6 Å². The normalized spacial score (nSPS) is 12.0. The first-order valence-electron chi connectivity index (χ1n) is 18.6. The fraction of sp³-hybridized carbons (Fsp3) is 0.0800. The Labute approximate surface area is 314 Å². The minimum Gasteiger partial charge on any atom is -0.354 e. The van der Waals surface area contributed by atoms with Gasteiger partial charge in [0.15, 0.2) is 0 Å². The number of rotatable bonds is 5. The maximum absolute atomic E-state index is 5.75. The van der Waals surface area contributed by atoms with E-state index in [1.54, 1.807) is 0 Å². The Morgan fingerprint density at radius 3 is 2.11 bits per heavy atom. The van der Waals surface area contributed by atoms with Gasteiger partial charge < -0.3 is 4.98 Å². The molecule has 54 heavy (non-hydrogen) atoms. The maximum Gasteiger partial charge on any atom is 0.147 e. The van der Waals surface area contributed by atoms with Gasteiger partial charge in [0.25, 0.3) is 0 Å². The summed E-state index contributed by atoms with van der Waals surface area (Å²) >= 11 is 0. The zero-order chi connectivity index (χ0) is 36.4. The van der Waals surface area contributed by atoms with Crippen molar-refractivity contribution in [2.75, 3.05) is 0 Å². The van der Waals surface area contributed by atoms with E-state index in [4.69, 9.17) is 9.97 Å². The van der Waals surface area contributed by atoms with Crippen molar-refractivity contribution in [3.63, 3.8) is 0 Å². The number of pyridine rings is 1. The molecule has 0 bridgehead atoms. The SMILES string of the molecule is CC(C)(C)c1cc(-c2nc3c(-c4cc(-c5ccccn5)cc5ccccc45)cccc3n2-c2ccccc2-c2ccccc2)c2[nH]c3ccccc3c2c1. The molecule has 258 valence electrons. The molecule has 0 spiro atoms. The Hall–Kier alpha value is -6.78. The predicted octanol–water partition coefficient (Wildman–Crippen LogP) is 13.2. The highest BCUT2D eigenvalue weighted by atomic mass is 15.1. The third-order valence-electron chi connectivity index (χ3n) is 10.7. The van der Waals surface area contributed by atoms with E-state index in [0.717, 1.165) is 72.7 Å². The first-order chi connectivity index (χ1) is 26.4. The Kier molecular flexibility index (Phi) is 7.34. The van der Waals surface area contributed by atoms with Crippen LogP contribution >= 0.6 is 0 Å². The fourth-order valence-corrected chi connectivity index (χ4v) is 8.05. The van der Waals surface area contributed by atoms with Crippen molar-refractivity contribution in [1.82, 2.24) is 19.5 Å². The molecule has 0 atom stereocenters. The maximum atomic E-state index is 5.75. The summed E-state index contributed by atoms with van der Waals surface area (Å²) < 4.78 is 2.39. The van der Waals surface area contributed by atoms with Gasteiger partial charge in [-0.15, -0.1) is 0 Å². The van der Waals surface area contributed by atoms with Gasteiger partial charge >= 0.3 is 0 Å². The van der Waals surface area contributed by atoms with Gasteiger partial charge in [0.1, 0.15) is 5.82 Å². The van der Waals surface area contributed by atoms with Gasteiger partial charge in [-0.1, -0.05) is 130 Å². The van der Waals surface area contributed by atoms with Crippen molar-refractivity contribution in [2.24, 2.45) is 0 Å². The molecule has 3 aromatic heterocycles. The van der Waals surface area contributed by atoms with Crippen molar-refractivity contribution >= 4 is 43.6 Å². The molecule has 3 heterocycles. The zero-order valence-corrected chi connectivity index (χ0v) is 30.5. The summed E-state index contributed by atoms with van der Waals surface area (Å²) in [7, 11) is 0. The number of aromatic amines is 1. The molecule has 1 N–H and O–H groups in total. The van der Waals surface area contributed by atoms with Crippen LogP contribution in [0.2, 0.25) is 0 Å². The van der Waals surface area contributed by atoms with E-state index in [1.807, 2.05) is 18.3 Å². The summed E-state index contributed by atoms with van der Waals surface area (Å²) in [6.45, 7) is 6.87. The van der Waals surface area contributed by atoms with E-state index >= 15 is 0 Å². The average Bonchev–Trinajstić information content (AvgIpc) is 3.79. The van der Waals surface area contributed by atoms with Crippen LogP contribution in [-0.2, 0) is 5.41 Å². The van der Waals surface area contributed by atoms with Crippen LogP contribution in [0.3, 0.4) is 0 Å². The van der Waals surface area contributed by atoms with E-state index in [9.17, 15) is 0 Å². The molecule has 0 saturated carbocycles. The number of hydrogen-bond donors (Lipinski definition) is 1. The van der Waals surface area contributed by atoms with Crippen molar-refractivity contribution in [1.29, 1.82) is 0 Å². The Morgan fingerprint density at radius 1 is 0.537 bits per heavy atom. The van der Waals surface area contributed by atoms with Gasteiger partial charge in [-0.2, -0.15) is 0 Å². The van der Waals surface area contributed by atoms with E-state index < -0.39 is 0 Å². The van der Waals surface area contributed by atoms with Crippen LogP contribution < -0.4 is 0 Å². The molecule has 10 rings (SSSR count). The van der Waals surface area contributed by atoms with Crippen LogP contribution in [0.25, 0.3) is 94.2 Å². The van der Waals surface area contributed by atoms with Crippen LogP contribution in [-0.4, -0.2) is 19.5 Å². The highest BCUT2D eigenvalue weighted by Crippen LogP contribution is 2.44. The number of benzene rings is 7. The number of nitrogens with one attached hydrogen (secondary N) is 1. The van der Waals surface area contributed by atoms with E-state index in [-0.39, 0.29) is 5.41 Å². The Balaban J connectivity index is 1.34. The third kappa shape index (κ3) is 5.21. The van der Waals surface area contributed by atoms with Gasteiger partial charge in [0.05, 0.1) is 27.9 Å². The van der Waals surface area contributed by atoms with Gasteiger partial charge in [0, 0.05) is 44.7 Å². The largest absolute Gasteiger partial charge is 0.354 e. The Morgan fingerprint density at radius 2 is 1.28 bits per heavy atom. The molecular weight excluding hydrogens is 657 g/mol. The summed E-state index contributed by atoms with van der Waals surface area (Å²) in [4.78, 5) is 14.3. The molecule has 4 heteroatoms. The Bertz CT molecular complexity index is 3020. The molecule has 0 saturated heterocycles. The van der Waals surface area contributed by atoms with Crippen molar-refractivity contribution in [2.45, 2.75) is 26.2 Å². The molecule has 0 aliphatic heterocycles. The van der Waals surface area contributed by atoms with E-state index in [1.165, 1.54) is 27.1 Å². The third-order valence-corrected chi connectivity index (χ3v) is 10.7. The molecule has 10 aromatic rings. The predicted molar refractivity (Wildman–Crippen MR) is 226 cm³/mol. The summed E-state index contributed by atoms with van der Waals surface area (Å²) in [6, 6.07) is 58.6. The lowest BCUT2D eigenvalue weighted by Gasteiger charge is -2.21. The smallest absolute Gasteiger partial charge is 0.147 e. The highest BCUT2D eigenvalue weighted by molar-refractivity contribution is 6.13. The van der Waals surface area contributed by atoms with Crippen LogP contribution in [0.4, 0.5) is 0 Å². The first kappa shape index (κ1) is 31.9. The summed E-state index contributed by atoms with van der Waals surface area (Å²) in [5, 5.41) is 4.76. The van der Waals surface area contributed by atoms with Gasteiger partial charge in [0.2, 0.25) is 0 Å². The zero-order valence-electron chi connectivity index (χ0n) is 30.5. The minimum atomic E-state index is -0.0872. The molecule has 0 amide bonds. The molecule has 0 aliphatic rings. The van der Waals surface area contributed by atoms with Gasteiger partial charge in [-0.25, -0.2) is 4.98 Å². The number of H-pyrrole nitrogens is 1. The second-order valence-corrected chi connectivity index (χ2v) is 15.2. The molecule has 0 aliphatic carbocycles. The number of aromatic nitrogens is 4. The van der Waals surface area contributed by atoms with E-state index in [2.05, 4.69) is 182 Å². The van der Waals surface area contributed by atoms with Crippen LogP contribution in [0.1, 0.15) is 26.3 Å². The lowest BCUT2D eigenvalue weighted by atomic mass is 9.85. The fourth-order valence-electron chi connectivity index (χ4n) is 8.05. The lowest BCUT2D eigenvalue weighted by Crippen LogP contribution is -2.11. The number of fused-ring (bicyclic) bond motifs is 5. The van der Waals surface area contributed by atoms with Crippen LogP contribution in [0.5, 0.6) is 0 Å². The highest BCUT2D eigenvalue weighted by Gasteiger charge is 2.25. The molecule has 7 aromatic carbocycles. The topological polar surface area (TPSA) is 46.5 Å². The van der Waals surface area contributed by atoms with E-state index in [0.29, 0.717) is 0 Å². The number of para-hydroxylation sites is 3. The van der Waals surface area contributed by atoms with Crippen LogP contribution in [0, 0.1) is 0 Å². The van der Waals surface area contributed by atoms with Gasteiger partial charge in [-0.05, 0) is 87.5 Å². The van der Waals surface area contributed by atoms with Crippen molar-refractivity contribution in [3.05, 3.63) is 176 Å². The minimum absolute atomic E-state index is 0.0872. The number of hydrogen-bond acceptors (Lipinski definition) is 2. The molecule has 0 fully saturated rings. The standard InChI is InChI=1S/C50H38N4/c1-50(2,3)35-30-41-38-21-9-11-24-44(38)52-47(41)42(31-35)49-53-48-39(40-29-34(43-23-13-14-27-51-43)28-33-18-7-8-19-36(33)40)22-15-26-46(48)54(49)45-25-12-10-20-37(45)32-16-5-4-6-17-32/h4-31,52H,1-3H3. The summed E-state index contributed by atoms with van der Waals surface area (Å²) in [5.74, 6) is 0.897.